The highest BCUT2D eigenvalue weighted by atomic mass is 16.5. The van der Waals surface area contributed by atoms with Gasteiger partial charge in [0, 0.05) is 12.8 Å². The summed E-state index contributed by atoms with van der Waals surface area (Å²) in [4.78, 5) is 23.5. The van der Waals surface area contributed by atoms with Gasteiger partial charge in [-0.1, -0.05) is 6.07 Å². The van der Waals surface area contributed by atoms with E-state index < -0.39 is 17.4 Å². The molecule has 0 aromatic heterocycles. The molecule has 1 fully saturated rings. The van der Waals surface area contributed by atoms with Gasteiger partial charge < -0.3 is 18.9 Å². The van der Waals surface area contributed by atoms with Crippen LogP contribution in [0.15, 0.2) is 18.2 Å². The second-order valence-electron chi connectivity index (χ2n) is 7.24. The Morgan fingerprint density at radius 3 is 2.10 bits per heavy atom. The Morgan fingerprint density at radius 2 is 1.62 bits per heavy atom. The summed E-state index contributed by atoms with van der Waals surface area (Å²) in [5.41, 5.74) is -0.371. The average molecular weight is 403 g/mol. The normalized spacial score (nSPS) is 14.1. The average Bonchev–Trinajstić information content (AvgIpc) is 3.26. The Hall–Kier alpha value is -2.75. The van der Waals surface area contributed by atoms with Gasteiger partial charge in [-0.05, 0) is 56.2 Å². The van der Waals surface area contributed by atoms with E-state index in [2.05, 4.69) is 6.07 Å². The Labute approximate surface area is 171 Å². The molecule has 0 atom stereocenters. The number of carbonyl (C=O) groups is 2. The van der Waals surface area contributed by atoms with E-state index in [1.807, 2.05) is 0 Å². The highest BCUT2D eigenvalue weighted by molar-refractivity contribution is 5.70. The van der Waals surface area contributed by atoms with E-state index >= 15 is 0 Å². The number of nitriles is 1. The van der Waals surface area contributed by atoms with Crippen molar-refractivity contribution in [2.45, 2.75) is 62.9 Å². The molecule has 1 saturated carbocycles. The van der Waals surface area contributed by atoms with Crippen LogP contribution in [0.5, 0.6) is 11.5 Å². The van der Waals surface area contributed by atoms with Crippen LogP contribution in [0.1, 0.15) is 56.9 Å². The van der Waals surface area contributed by atoms with Crippen LogP contribution in [0.2, 0.25) is 0 Å². The lowest BCUT2D eigenvalue weighted by atomic mass is 9.74. The minimum atomic E-state index is -1.05. The van der Waals surface area contributed by atoms with Crippen LogP contribution in [0.3, 0.4) is 0 Å². The lowest BCUT2D eigenvalue weighted by molar-refractivity contribution is -0.141. The molecule has 7 nitrogen and oxygen atoms in total. The Kier molecular flexibility index (Phi) is 8.32. The van der Waals surface area contributed by atoms with E-state index in [-0.39, 0.29) is 31.8 Å². The van der Waals surface area contributed by atoms with Crippen LogP contribution >= 0.6 is 0 Å². The first kappa shape index (κ1) is 22.5. The van der Waals surface area contributed by atoms with Crippen molar-refractivity contribution in [1.29, 1.82) is 5.26 Å². The Balaban J connectivity index is 2.37. The monoisotopic (exact) mass is 403 g/mol. The van der Waals surface area contributed by atoms with E-state index in [0.29, 0.717) is 17.1 Å². The predicted octanol–water partition coefficient (Wildman–Crippen LogP) is 3.68. The van der Waals surface area contributed by atoms with Gasteiger partial charge in [-0.15, -0.1) is 0 Å². The highest BCUT2D eigenvalue weighted by Gasteiger charge is 2.35. The molecule has 0 heterocycles. The maximum atomic E-state index is 11.7. The first-order valence-corrected chi connectivity index (χ1v) is 9.88. The molecular formula is C22H29NO6. The van der Waals surface area contributed by atoms with Gasteiger partial charge >= 0.3 is 11.9 Å². The first-order valence-electron chi connectivity index (χ1n) is 9.88. The van der Waals surface area contributed by atoms with Crippen LogP contribution in [0.4, 0.5) is 0 Å². The maximum absolute atomic E-state index is 11.7. The fourth-order valence-electron chi connectivity index (χ4n) is 3.68. The van der Waals surface area contributed by atoms with Crippen molar-refractivity contribution in [1.82, 2.24) is 0 Å². The quantitative estimate of drug-likeness (QED) is 0.550. The second kappa shape index (κ2) is 10.7. The van der Waals surface area contributed by atoms with Gasteiger partial charge in [0.05, 0.1) is 38.9 Å². The minimum absolute atomic E-state index is 0.0656. The predicted molar refractivity (Wildman–Crippen MR) is 106 cm³/mol. The number of hydrogen-bond acceptors (Lipinski definition) is 7. The summed E-state index contributed by atoms with van der Waals surface area (Å²) < 4.78 is 21.1. The summed E-state index contributed by atoms with van der Waals surface area (Å²) in [5.74, 6) is 0.360. The Morgan fingerprint density at radius 1 is 1.03 bits per heavy atom. The van der Waals surface area contributed by atoms with Crippen molar-refractivity contribution in [3.63, 3.8) is 0 Å². The lowest BCUT2D eigenvalue weighted by Gasteiger charge is -2.28. The van der Waals surface area contributed by atoms with Crippen LogP contribution in [-0.2, 0) is 24.5 Å². The van der Waals surface area contributed by atoms with Crippen molar-refractivity contribution in [2.75, 3.05) is 21.3 Å². The first-order chi connectivity index (χ1) is 14.0. The number of carbonyl (C=O) groups excluding carboxylic acids is 2. The molecule has 0 aliphatic heterocycles. The van der Waals surface area contributed by atoms with Crippen molar-refractivity contribution in [3.8, 4) is 17.6 Å². The number of esters is 2. The number of benzene rings is 1. The number of hydrogen-bond donors (Lipinski definition) is 0. The topological polar surface area (TPSA) is 94.9 Å². The largest absolute Gasteiger partial charge is 0.493 e. The molecule has 2 rings (SSSR count). The third-order valence-corrected chi connectivity index (χ3v) is 5.49. The fraction of sp³-hybridized carbons (Fsp3) is 0.591. The summed E-state index contributed by atoms with van der Waals surface area (Å²) in [6.07, 6.45) is 4.95. The number of rotatable bonds is 10. The minimum Gasteiger partial charge on any atom is -0.493 e. The van der Waals surface area contributed by atoms with Gasteiger partial charge in [0.2, 0.25) is 0 Å². The maximum Gasteiger partial charge on any atom is 0.305 e. The van der Waals surface area contributed by atoms with Gasteiger partial charge in [-0.2, -0.15) is 5.26 Å². The van der Waals surface area contributed by atoms with E-state index in [4.69, 9.17) is 18.9 Å². The smallest absolute Gasteiger partial charge is 0.305 e. The van der Waals surface area contributed by atoms with E-state index in [1.54, 1.807) is 25.3 Å². The molecule has 1 aliphatic carbocycles. The molecular weight excluding hydrogens is 374 g/mol. The zero-order valence-electron chi connectivity index (χ0n) is 17.4. The summed E-state index contributed by atoms with van der Waals surface area (Å²) in [5, 5.41) is 10.1. The molecule has 0 bridgehead atoms. The molecule has 0 N–H and O–H groups in total. The molecule has 29 heavy (non-hydrogen) atoms. The third kappa shape index (κ3) is 5.86. The molecule has 0 radical (unpaired) electrons. The van der Waals surface area contributed by atoms with Crippen molar-refractivity contribution >= 4 is 11.9 Å². The Bertz CT molecular complexity index is 728. The SMILES string of the molecule is COC(=O)CCC(C#N)(CCC(=O)OC)c1ccc(OC)c(OC2CCCC2)c1. The van der Waals surface area contributed by atoms with Crippen molar-refractivity contribution < 1.29 is 28.5 Å². The van der Waals surface area contributed by atoms with Crippen molar-refractivity contribution in [3.05, 3.63) is 23.8 Å². The fourth-order valence-corrected chi connectivity index (χ4v) is 3.68. The van der Waals surface area contributed by atoms with Gasteiger partial charge in [0.1, 0.15) is 0 Å². The van der Waals surface area contributed by atoms with E-state index in [9.17, 15) is 14.9 Å². The molecule has 0 unspecified atom stereocenters. The standard InChI is InChI=1S/C22H29NO6/c1-26-18-9-8-16(14-19(18)29-17-6-4-5-7-17)22(15-23,12-10-20(24)27-2)13-11-21(25)28-3/h8-9,14,17H,4-7,10-13H2,1-3H3. The van der Waals surface area contributed by atoms with Gasteiger partial charge in [0.15, 0.2) is 11.5 Å². The summed E-state index contributed by atoms with van der Waals surface area (Å²) >= 11 is 0. The van der Waals surface area contributed by atoms with E-state index in [1.165, 1.54) is 14.2 Å². The molecule has 1 aliphatic rings. The molecule has 7 heteroatoms. The summed E-state index contributed by atoms with van der Waals surface area (Å²) in [6.45, 7) is 0. The number of nitrogens with zero attached hydrogens (tertiary/aromatic N) is 1. The molecule has 0 amide bonds. The van der Waals surface area contributed by atoms with Gasteiger partial charge in [0.25, 0.3) is 0 Å². The van der Waals surface area contributed by atoms with Crippen LogP contribution in [0, 0.1) is 11.3 Å². The highest BCUT2D eigenvalue weighted by Crippen LogP contribution is 2.40. The van der Waals surface area contributed by atoms with Crippen molar-refractivity contribution in [2.24, 2.45) is 0 Å². The van der Waals surface area contributed by atoms with Crippen LogP contribution < -0.4 is 9.47 Å². The zero-order valence-corrected chi connectivity index (χ0v) is 17.4. The van der Waals surface area contributed by atoms with Crippen LogP contribution in [0.25, 0.3) is 0 Å². The van der Waals surface area contributed by atoms with Gasteiger partial charge in [-0.3, -0.25) is 9.59 Å². The lowest BCUT2D eigenvalue weighted by Crippen LogP contribution is -2.27. The summed E-state index contributed by atoms with van der Waals surface area (Å²) in [6, 6.07) is 7.69. The third-order valence-electron chi connectivity index (χ3n) is 5.49. The number of methoxy groups -OCH3 is 3. The van der Waals surface area contributed by atoms with E-state index in [0.717, 1.165) is 25.7 Å². The molecule has 0 spiro atoms. The zero-order chi connectivity index (χ0) is 21.3. The molecule has 0 saturated heterocycles. The second-order valence-corrected chi connectivity index (χ2v) is 7.24. The number of ether oxygens (including phenoxy) is 4. The van der Waals surface area contributed by atoms with Gasteiger partial charge in [-0.25, -0.2) is 0 Å². The summed E-state index contributed by atoms with van der Waals surface area (Å²) in [7, 11) is 4.19. The molecule has 1 aromatic carbocycles. The molecule has 158 valence electrons. The molecule has 1 aromatic rings. The van der Waals surface area contributed by atoms with Crippen LogP contribution in [-0.4, -0.2) is 39.4 Å².